The Morgan fingerprint density at radius 2 is 1.04 bits per heavy atom. The van der Waals surface area contributed by atoms with Gasteiger partial charge in [-0.25, -0.2) is 4.31 Å². The molecule has 8 nitrogen and oxygen atoms in total. The smallest absolute Gasteiger partial charge is 0.323 e. The van der Waals surface area contributed by atoms with Gasteiger partial charge in [-0.1, -0.05) is 96.1 Å². The van der Waals surface area contributed by atoms with Gasteiger partial charge in [0, 0.05) is 0 Å². The van der Waals surface area contributed by atoms with Crippen molar-refractivity contribution in [3.8, 4) is 0 Å². The van der Waals surface area contributed by atoms with E-state index in [0.29, 0.717) is 0 Å². The Bertz CT molecular complexity index is 349. The average molecular weight is 449 g/mol. The van der Waals surface area contributed by atoms with E-state index in [-0.39, 0.29) is 18.9 Å². The van der Waals surface area contributed by atoms with Crippen molar-refractivity contribution in [2.24, 2.45) is 0 Å². The van der Waals surface area contributed by atoms with E-state index < -0.39 is 16.5 Å². The van der Waals surface area contributed by atoms with Crippen molar-refractivity contribution in [1.82, 2.24) is 12.3 Å². The first-order valence-electron chi connectivity index (χ1n) is 9.94. The molecule has 0 fully saturated rings. The molecule has 28 heavy (non-hydrogen) atoms. The van der Waals surface area contributed by atoms with E-state index in [0.717, 1.165) is 6.42 Å². The molecule has 0 spiro atoms. The summed E-state index contributed by atoms with van der Waals surface area (Å²) in [6, 6.07) is 0. The standard InChI is InChI=1S/C18H36O.2H3N.H4O5P2/c1-2-3-4-5-6-7-8-9-10-11-12-13-14-15-16-17-18-19;;;1-6(2)5-7(3)4/h16-17,19H,2-15,18H2,1H3;2*1H3;6-7H,(H,1,2)(H,3,4). The Kier molecular flexibility index (Phi) is 40.0. The molecule has 0 aliphatic carbocycles. The highest BCUT2D eigenvalue weighted by Crippen LogP contribution is 2.30. The molecule has 0 aromatic heterocycles. The average Bonchev–Trinajstić information content (AvgIpc) is 2.58. The van der Waals surface area contributed by atoms with E-state index in [1.54, 1.807) is 0 Å². The first-order valence-corrected chi connectivity index (χ1v) is 12.5. The summed E-state index contributed by atoms with van der Waals surface area (Å²) in [6.45, 7) is 2.47. The topological polar surface area (TPSA) is 174 Å². The summed E-state index contributed by atoms with van der Waals surface area (Å²) in [5, 5.41) is 8.58. The van der Waals surface area contributed by atoms with Crippen LogP contribution in [0, 0.1) is 0 Å². The Morgan fingerprint density at radius 1 is 0.679 bits per heavy atom. The molecule has 0 bridgehead atoms. The van der Waals surface area contributed by atoms with E-state index >= 15 is 0 Å². The molecule has 0 aromatic carbocycles. The molecule has 0 aliphatic rings. The van der Waals surface area contributed by atoms with Crippen LogP contribution in [-0.2, 0) is 13.4 Å². The van der Waals surface area contributed by atoms with Gasteiger partial charge >= 0.3 is 16.5 Å². The van der Waals surface area contributed by atoms with Crippen LogP contribution in [-0.4, -0.2) is 21.5 Å². The third-order valence-electron chi connectivity index (χ3n) is 3.92. The molecular formula is C18H46N2O6P2. The van der Waals surface area contributed by atoms with Crippen LogP contribution in [0.25, 0.3) is 0 Å². The lowest BCUT2D eigenvalue weighted by Crippen LogP contribution is -1.82. The van der Waals surface area contributed by atoms with Gasteiger partial charge in [-0.2, -0.15) is 0 Å². The summed E-state index contributed by atoms with van der Waals surface area (Å²) in [6.07, 6.45) is 23.4. The van der Waals surface area contributed by atoms with E-state index in [1.165, 1.54) is 83.5 Å². The normalized spacial score (nSPS) is 12.4. The summed E-state index contributed by atoms with van der Waals surface area (Å²) in [5.41, 5.74) is 0. The molecule has 2 atom stereocenters. The molecule has 174 valence electrons. The Balaban J connectivity index is -0.000000274. The molecule has 9 N–H and O–H groups in total. The quantitative estimate of drug-likeness (QED) is 0.101. The van der Waals surface area contributed by atoms with Crippen molar-refractivity contribution in [1.29, 1.82) is 0 Å². The van der Waals surface area contributed by atoms with Gasteiger partial charge in [0.2, 0.25) is 0 Å². The number of hydrogen-bond acceptors (Lipinski definition) is 6. The number of aliphatic hydroxyl groups is 1. The lowest BCUT2D eigenvalue weighted by Gasteiger charge is -2.02. The van der Waals surface area contributed by atoms with E-state index in [1.807, 2.05) is 6.08 Å². The number of hydrogen-bond donors (Lipinski definition) is 5. The number of allylic oxidation sites excluding steroid dienone is 1. The SMILES string of the molecule is CCCCCCCCCCCCCCCC=CCO.N.N.O=[PH](O)O[PH](=O)O. The summed E-state index contributed by atoms with van der Waals surface area (Å²) >= 11 is 0. The van der Waals surface area contributed by atoms with Gasteiger partial charge in [-0.05, 0) is 12.8 Å². The molecule has 0 rings (SSSR count). The second-order valence-electron chi connectivity index (χ2n) is 6.32. The lowest BCUT2D eigenvalue weighted by molar-refractivity contribution is 0.342. The van der Waals surface area contributed by atoms with Crippen LogP contribution in [0.3, 0.4) is 0 Å². The summed E-state index contributed by atoms with van der Waals surface area (Å²) in [5.74, 6) is 0. The predicted molar refractivity (Wildman–Crippen MR) is 120 cm³/mol. The molecule has 2 unspecified atom stereocenters. The largest absolute Gasteiger partial charge is 0.392 e. The number of unbranched alkanes of at least 4 members (excludes halogenated alkanes) is 13. The van der Waals surface area contributed by atoms with Crippen LogP contribution >= 0.6 is 16.5 Å². The van der Waals surface area contributed by atoms with Crippen LogP contribution in [0.2, 0.25) is 0 Å². The first-order chi connectivity index (χ1) is 12.5. The van der Waals surface area contributed by atoms with Gasteiger partial charge in [0.05, 0.1) is 6.61 Å². The molecule has 0 heterocycles. The lowest BCUT2D eigenvalue weighted by atomic mass is 10.0. The van der Waals surface area contributed by atoms with Crippen molar-refractivity contribution >= 4 is 16.5 Å². The van der Waals surface area contributed by atoms with Crippen LogP contribution in [0.15, 0.2) is 12.2 Å². The van der Waals surface area contributed by atoms with Crippen LogP contribution in [0.5, 0.6) is 0 Å². The zero-order valence-electron chi connectivity index (χ0n) is 17.7. The highest BCUT2D eigenvalue weighted by atomic mass is 31.2. The monoisotopic (exact) mass is 448 g/mol. The van der Waals surface area contributed by atoms with Gasteiger partial charge in [0.1, 0.15) is 0 Å². The fourth-order valence-electron chi connectivity index (χ4n) is 2.55. The number of aliphatic hydroxyl groups excluding tert-OH is 1. The number of rotatable bonds is 17. The second-order valence-corrected chi connectivity index (χ2v) is 8.20. The molecule has 10 heteroatoms. The van der Waals surface area contributed by atoms with Crippen molar-refractivity contribution in [2.45, 2.75) is 96.8 Å². The minimum absolute atomic E-state index is 0. The molecule has 0 aliphatic heterocycles. The zero-order chi connectivity index (χ0) is 19.9. The molecular weight excluding hydrogens is 402 g/mol. The van der Waals surface area contributed by atoms with Crippen LogP contribution in [0.1, 0.15) is 96.8 Å². The van der Waals surface area contributed by atoms with Gasteiger partial charge in [0.15, 0.2) is 0 Å². The van der Waals surface area contributed by atoms with Gasteiger partial charge in [-0.15, -0.1) is 0 Å². The minimum Gasteiger partial charge on any atom is -0.392 e. The molecule has 0 aromatic rings. The highest BCUT2D eigenvalue weighted by molar-refractivity contribution is 7.46. The fourth-order valence-corrected chi connectivity index (χ4v) is 3.14. The van der Waals surface area contributed by atoms with Crippen molar-refractivity contribution in [3.63, 3.8) is 0 Å². The summed E-state index contributed by atoms with van der Waals surface area (Å²) in [4.78, 5) is 15.4. The van der Waals surface area contributed by atoms with Gasteiger partial charge in [-0.3, -0.25) is 9.13 Å². The van der Waals surface area contributed by atoms with Gasteiger partial charge < -0.3 is 27.2 Å². The van der Waals surface area contributed by atoms with E-state index in [4.69, 9.17) is 14.9 Å². The van der Waals surface area contributed by atoms with Crippen molar-refractivity contribution in [2.75, 3.05) is 6.61 Å². The maximum atomic E-state index is 9.44. The molecule has 0 saturated carbocycles. The first kappa shape index (κ1) is 35.4. The van der Waals surface area contributed by atoms with Crippen molar-refractivity contribution < 1.29 is 28.3 Å². The van der Waals surface area contributed by atoms with E-state index in [9.17, 15) is 9.13 Å². The fraction of sp³-hybridized carbons (Fsp3) is 0.889. The van der Waals surface area contributed by atoms with Crippen LogP contribution < -0.4 is 12.3 Å². The maximum Gasteiger partial charge on any atom is 0.323 e. The third kappa shape index (κ3) is 40.6. The highest BCUT2D eigenvalue weighted by Gasteiger charge is 1.94. The second kappa shape index (κ2) is 31.6. The Morgan fingerprint density at radius 3 is 1.32 bits per heavy atom. The zero-order valence-corrected chi connectivity index (χ0v) is 19.7. The summed E-state index contributed by atoms with van der Waals surface area (Å²) in [7, 11) is -6.40. The Labute approximate surface area is 173 Å². The molecule has 0 amide bonds. The predicted octanol–water partition coefficient (Wildman–Crippen LogP) is 6.11. The van der Waals surface area contributed by atoms with Crippen LogP contribution in [0.4, 0.5) is 0 Å². The third-order valence-corrected chi connectivity index (χ3v) is 5.32. The maximum absolute atomic E-state index is 9.44. The van der Waals surface area contributed by atoms with Gasteiger partial charge in [0.25, 0.3) is 0 Å². The summed E-state index contributed by atoms with van der Waals surface area (Å²) < 4.78 is 22.3. The molecule has 0 saturated heterocycles. The van der Waals surface area contributed by atoms with Crippen molar-refractivity contribution in [3.05, 3.63) is 12.2 Å². The Hall–Kier alpha value is -0.0400. The minimum atomic E-state index is -3.20. The molecule has 0 radical (unpaired) electrons. The van der Waals surface area contributed by atoms with E-state index in [2.05, 4.69) is 17.3 Å².